The Morgan fingerprint density at radius 2 is 1.61 bits per heavy atom. The van der Waals surface area contributed by atoms with E-state index in [1.807, 2.05) is 18.7 Å². The van der Waals surface area contributed by atoms with Crippen molar-refractivity contribution in [3.8, 4) is 0 Å². The minimum atomic E-state index is -1.08. The largest absolute Gasteiger partial charge is 0.398 e. The van der Waals surface area contributed by atoms with Crippen LogP contribution >= 0.6 is 0 Å². The van der Waals surface area contributed by atoms with E-state index < -0.39 is 29.1 Å². The summed E-state index contributed by atoms with van der Waals surface area (Å²) in [6.45, 7) is 9.02. The molecule has 0 aromatic heterocycles. The molecule has 11 nitrogen and oxygen atoms in total. The fraction of sp³-hybridized carbons (Fsp3) is 0.579. The van der Waals surface area contributed by atoms with Gasteiger partial charge in [0.05, 0.1) is 17.6 Å². The Labute approximate surface area is 299 Å². The normalized spacial score (nSPS) is 21.3. The Hall–Kier alpha value is -3.94. The van der Waals surface area contributed by atoms with Crippen LogP contribution in [-0.2, 0) is 20.0 Å². The van der Waals surface area contributed by atoms with Crippen LogP contribution in [0.1, 0.15) is 87.8 Å². The topological polar surface area (TPSA) is 144 Å². The summed E-state index contributed by atoms with van der Waals surface area (Å²) in [5, 5.41) is 16.3. The Kier molecular flexibility index (Phi) is 12.8. The van der Waals surface area contributed by atoms with Gasteiger partial charge in [0.2, 0.25) is 12.3 Å². The van der Waals surface area contributed by atoms with Crippen LogP contribution in [0.25, 0.3) is 0 Å². The number of benzene rings is 2. The molecule has 5 rings (SSSR count). The number of carbonyl (C=O) groups excluding carboxylic acids is 3. The third kappa shape index (κ3) is 8.58. The lowest BCUT2D eigenvalue weighted by molar-refractivity contribution is -0.122. The monoisotopic (exact) mass is 709 g/mol. The van der Waals surface area contributed by atoms with E-state index in [2.05, 4.69) is 20.4 Å². The molecule has 3 aliphatic rings. The number of piperazine rings is 1. The summed E-state index contributed by atoms with van der Waals surface area (Å²) in [7, 11) is 1.41. The Bertz CT molecular complexity index is 1540. The molecule has 3 fully saturated rings. The van der Waals surface area contributed by atoms with Crippen molar-refractivity contribution < 1.29 is 28.3 Å². The number of nitrogens with one attached hydrogen (secondary N) is 2. The first-order chi connectivity index (χ1) is 24.5. The zero-order valence-electron chi connectivity index (χ0n) is 30.0. The number of carbonyl (C=O) groups is 3. The van der Waals surface area contributed by atoms with E-state index in [0.717, 1.165) is 57.4 Å². The van der Waals surface area contributed by atoms with Gasteiger partial charge in [0.15, 0.2) is 0 Å². The maximum Gasteiger partial charge on any atom is 0.227 e. The summed E-state index contributed by atoms with van der Waals surface area (Å²) in [4.78, 5) is 46.4. The van der Waals surface area contributed by atoms with E-state index in [4.69, 9.17) is 10.7 Å². The van der Waals surface area contributed by atoms with Gasteiger partial charge < -0.3 is 31.2 Å². The molecule has 2 heterocycles. The average molecular weight is 710 g/mol. The number of aliphatic imine (C=N–C) groups is 1. The number of nitrogens with two attached hydrogens (primary N) is 1. The number of nitrogen functional groups attached to an aromatic ring is 1. The second kappa shape index (κ2) is 17.1. The maximum atomic E-state index is 15.2. The zero-order valence-corrected chi connectivity index (χ0v) is 30.0. The number of aldehydes is 1. The van der Waals surface area contributed by atoms with Gasteiger partial charge in [0, 0.05) is 105 Å². The van der Waals surface area contributed by atoms with Gasteiger partial charge in [-0.15, -0.1) is 0 Å². The van der Waals surface area contributed by atoms with Crippen molar-refractivity contribution in [3.63, 3.8) is 0 Å². The lowest BCUT2D eigenvalue weighted by atomic mass is 9.86. The number of hydrogen-bond acceptors (Lipinski definition) is 9. The van der Waals surface area contributed by atoms with Gasteiger partial charge in [-0.2, -0.15) is 0 Å². The number of rotatable bonds is 15. The zero-order chi connectivity index (χ0) is 36.7. The van der Waals surface area contributed by atoms with E-state index in [-0.39, 0.29) is 24.4 Å². The van der Waals surface area contributed by atoms with Crippen LogP contribution in [0, 0.1) is 11.6 Å². The SMILES string of the molecule is CCC(O)(CC)c1cc(N)c(C=NC2CCC(N3CCN(C4CN(c5cc(F)c([C@@H](CCC=O)C(=O)NC)c(F)c5)C4)CC3)CC2)cc1NC=O. The lowest BCUT2D eigenvalue weighted by Gasteiger charge is -2.50. The molecule has 2 saturated heterocycles. The van der Waals surface area contributed by atoms with Gasteiger partial charge in [-0.25, -0.2) is 8.78 Å². The van der Waals surface area contributed by atoms with E-state index in [1.54, 1.807) is 18.3 Å². The van der Waals surface area contributed by atoms with Crippen molar-refractivity contribution in [2.45, 2.75) is 94.9 Å². The summed E-state index contributed by atoms with van der Waals surface area (Å²) in [5.41, 5.74) is 7.88. The molecular formula is C38H53F2N7O4. The van der Waals surface area contributed by atoms with Crippen molar-refractivity contribution in [1.82, 2.24) is 15.1 Å². The van der Waals surface area contributed by atoms with Crippen LogP contribution in [-0.4, -0.2) is 104 Å². The molecule has 0 spiro atoms. The highest BCUT2D eigenvalue weighted by molar-refractivity contribution is 5.91. The summed E-state index contributed by atoms with van der Waals surface area (Å²) in [5.74, 6) is -3.10. The molecule has 1 atom stereocenters. The minimum Gasteiger partial charge on any atom is -0.398 e. The third-order valence-corrected chi connectivity index (χ3v) is 11.4. The molecule has 0 unspecified atom stereocenters. The summed E-state index contributed by atoms with van der Waals surface area (Å²) >= 11 is 0. The van der Waals surface area contributed by atoms with Crippen LogP contribution < -0.4 is 21.3 Å². The fourth-order valence-corrected chi connectivity index (χ4v) is 7.97. The molecule has 278 valence electrons. The van der Waals surface area contributed by atoms with Crippen LogP contribution in [0.3, 0.4) is 0 Å². The molecule has 0 bridgehead atoms. The number of nitrogens with zero attached hydrogens (tertiary/aromatic N) is 4. The first-order valence-electron chi connectivity index (χ1n) is 18.3. The maximum absolute atomic E-state index is 15.2. The third-order valence-electron chi connectivity index (χ3n) is 11.4. The summed E-state index contributed by atoms with van der Waals surface area (Å²) < 4.78 is 30.3. The first kappa shape index (κ1) is 38.3. The van der Waals surface area contributed by atoms with Crippen molar-refractivity contribution in [2.24, 2.45) is 4.99 Å². The van der Waals surface area contributed by atoms with E-state index >= 15 is 8.78 Å². The molecule has 2 aromatic rings. The Morgan fingerprint density at radius 1 is 1.00 bits per heavy atom. The number of halogens is 2. The van der Waals surface area contributed by atoms with Gasteiger partial charge >= 0.3 is 0 Å². The molecule has 13 heteroatoms. The molecule has 5 N–H and O–H groups in total. The van der Waals surface area contributed by atoms with E-state index in [1.165, 1.54) is 19.2 Å². The Morgan fingerprint density at radius 3 is 2.16 bits per heavy atom. The highest BCUT2D eigenvalue weighted by atomic mass is 19.1. The molecular weight excluding hydrogens is 656 g/mol. The minimum absolute atomic E-state index is 0.0388. The quantitative estimate of drug-likeness (QED) is 0.123. The second-order valence-electron chi connectivity index (χ2n) is 14.1. The average Bonchev–Trinajstić information content (AvgIpc) is 3.12. The van der Waals surface area contributed by atoms with Crippen LogP contribution in [0.5, 0.6) is 0 Å². The van der Waals surface area contributed by atoms with Crippen LogP contribution in [0.2, 0.25) is 0 Å². The lowest BCUT2D eigenvalue weighted by Crippen LogP contribution is -2.64. The molecule has 51 heavy (non-hydrogen) atoms. The molecule has 2 amide bonds. The predicted molar refractivity (Wildman–Crippen MR) is 196 cm³/mol. The Balaban J connectivity index is 1.09. The van der Waals surface area contributed by atoms with Gasteiger partial charge in [0.1, 0.15) is 17.9 Å². The van der Waals surface area contributed by atoms with Crippen LogP contribution in [0.15, 0.2) is 29.3 Å². The van der Waals surface area contributed by atoms with Crippen molar-refractivity contribution >= 4 is 41.9 Å². The number of likely N-dealkylation sites (N-methyl/N-ethyl adjacent to an activating group) is 1. The predicted octanol–water partition coefficient (Wildman–Crippen LogP) is 4.17. The van der Waals surface area contributed by atoms with Gasteiger partial charge in [-0.1, -0.05) is 13.8 Å². The first-order valence-corrected chi connectivity index (χ1v) is 18.3. The van der Waals surface area contributed by atoms with Gasteiger partial charge in [-0.3, -0.25) is 24.4 Å². The molecule has 0 radical (unpaired) electrons. The number of aliphatic hydroxyl groups is 1. The van der Waals surface area contributed by atoms with Crippen molar-refractivity contribution in [3.05, 3.63) is 52.6 Å². The molecule has 2 aliphatic heterocycles. The second-order valence-corrected chi connectivity index (χ2v) is 14.1. The number of hydrogen-bond donors (Lipinski definition) is 4. The smallest absolute Gasteiger partial charge is 0.227 e. The van der Waals surface area contributed by atoms with E-state index in [9.17, 15) is 19.5 Å². The standard InChI is InChI=1S/C38H53F2N7O4/c1-4-38(51,5-2)31-20-34(41)25(17-35(31)44-24-49)21-43-26-8-10-27(11-9-26)45-12-14-46(15-13-45)29-22-47(23-29)28-18-32(39)36(33(40)19-28)30(7-6-16-48)37(50)42-3/h16-21,24,26-27,29-30,51H,4-15,22-23,41H2,1-3H3,(H,42,50)(H,44,49)/t26?,27?,30-/m1/s1. The van der Waals surface area contributed by atoms with Gasteiger partial charge in [-0.05, 0) is 69.2 Å². The van der Waals surface area contributed by atoms with E-state index in [0.29, 0.717) is 73.3 Å². The number of anilines is 3. The molecule has 1 saturated carbocycles. The van der Waals surface area contributed by atoms with Crippen LogP contribution in [0.4, 0.5) is 25.8 Å². The highest BCUT2D eigenvalue weighted by Gasteiger charge is 2.37. The van der Waals surface area contributed by atoms with Crippen molar-refractivity contribution in [2.75, 3.05) is 62.3 Å². The number of amides is 2. The fourth-order valence-electron chi connectivity index (χ4n) is 7.97. The molecule has 1 aliphatic carbocycles. The highest BCUT2D eigenvalue weighted by Crippen LogP contribution is 2.37. The molecule has 2 aromatic carbocycles. The van der Waals surface area contributed by atoms with Gasteiger partial charge in [0.25, 0.3) is 0 Å². The summed E-state index contributed by atoms with van der Waals surface area (Å²) in [6, 6.07) is 7.17. The van der Waals surface area contributed by atoms with Crippen molar-refractivity contribution in [1.29, 1.82) is 0 Å². The summed E-state index contributed by atoms with van der Waals surface area (Å²) in [6.07, 6.45) is 8.23.